The monoisotopic (exact) mass is 433 g/mol. The van der Waals surface area contributed by atoms with Crippen molar-refractivity contribution in [2.45, 2.75) is 0 Å². The van der Waals surface area contributed by atoms with E-state index in [4.69, 9.17) is 10.5 Å². The average molecular weight is 434 g/mol. The molecule has 4 N–H and O–H groups in total. The number of H-pyrrole nitrogens is 1. The molecule has 8 nitrogen and oxygen atoms in total. The van der Waals surface area contributed by atoms with Gasteiger partial charge in [-0.05, 0) is 9.83 Å². The standard InChI is InChI=1S/C14H19N5O3S4/c1-19-7-9(11-12(19)17-14(15)18-13(11)21)3-2-5-22-6-4-16-10(20)8-26(24)25-23/h7,23-24,26H,4-6,8H2,1H3,(H,16,20)(H3,15,17,18,21). The van der Waals surface area contributed by atoms with Crippen molar-refractivity contribution in [2.24, 2.45) is 7.05 Å². The Hall–Kier alpha value is -1.39. The molecule has 2 rings (SSSR count). The smallest absolute Gasteiger partial charge is 0.263 e. The van der Waals surface area contributed by atoms with Crippen LogP contribution in [0.2, 0.25) is 0 Å². The maximum Gasteiger partial charge on any atom is 0.263 e. The largest absolute Gasteiger partial charge is 0.369 e. The number of aromatic nitrogens is 3. The molecular weight excluding hydrogens is 414 g/mol. The van der Waals surface area contributed by atoms with E-state index in [0.29, 0.717) is 35.5 Å². The fraction of sp³-hybridized carbons (Fsp3) is 0.357. The Morgan fingerprint density at radius 1 is 1.62 bits per heavy atom. The molecule has 0 fully saturated rings. The third-order valence-electron chi connectivity index (χ3n) is 3.18. The summed E-state index contributed by atoms with van der Waals surface area (Å²) >= 11 is 8.26. The summed E-state index contributed by atoms with van der Waals surface area (Å²) in [5, 5.41) is 3.13. The molecule has 0 aliphatic rings. The number of carbonyl (C=O) groups is 1. The minimum atomic E-state index is -0.734. The Morgan fingerprint density at radius 3 is 3.12 bits per heavy atom. The Kier molecular flexibility index (Phi) is 8.11. The molecule has 2 heterocycles. The quantitative estimate of drug-likeness (QED) is 0.166. The van der Waals surface area contributed by atoms with Gasteiger partial charge in [0, 0.05) is 19.8 Å². The molecule has 1 unspecified atom stereocenters. The molecule has 1 amide bonds. The van der Waals surface area contributed by atoms with Crippen molar-refractivity contribution in [1.29, 1.82) is 0 Å². The summed E-state index contributed by atoms with van der Waals surface area (Å²) in [5.41, 5.74) is 6.25. The topological polar surface area (TPSA) is 115 Å². The molecule has 2 aromatic rings. The number of nitrogens with one attached hydrogen (secondary N) is 2. The number of anilines is 1. The number of aryl methyl sites for hydroxylation is 1. The number of nitrogen functional groups attached to an aromatic ring is 1. The summed E-state index contributed by atoms with van der Waals surface area (Å²) in [5.74, 6) is 6.08. The van der Waals surface area contributed by atoms with Gasteiger partial charge >= 0.3 is 0 Å². The Labute approximate surface area is 166 Å². The highest BCUT2D eigenvalue weighted by Gasteiger charge is 2.11. The number of aromatic amines is 1. The number of amides is 1. The molecule has 142 valence electrons. The van der Waals surface area contributed by atoms with E-state index in [2.05, 4.69) is 50.4 Å². The molecule has 0 spiro atoms. The van der Waals surface area contributed by atoms with Gasteiger partial charge in [-0.3, -0.25) is 14.6 Å². The van der Waals surface area contributed by atoms with Gasteiger partial charge in [0.2, 0.25) is 11.9 Å². The Morgan fingerprint density at radius 2 is 2.38 bits per heavy atom. The minimum Gasteiger partial charge on any atom is -0.369 e. The van der Waals surface area contributed by atoms with E-state index in [0.717, 1.165) is 0 Å². The molecular formula is C14H19N5O3S4. The first kappa shape index (κ1) is 20.9. The van der Waals surface area contributed by atoms with E-state index < -0.39 is 8.96 Å². The lowest BCUT2D eigenvalue weighted by atomic mass is 10.2. The summed E-state index contributed by atoms with van der Waals surface area (Å²) in [6.45, 7) is 0.914. The van der Waals surface area contributed by atoms with Gasteiger partial charge in [0.15, 0.2) is 5.65 Å². The maximum absolute atomic E-state index is 12.0. The number of hydrogen-bond acceptors (Lipinski definition) is 8. The molecule has 0 saturated heterocycles. The van der Waals surface area contributed by atoms with Gasteiger partial charge in [-0.25, -0.2) is 0 Å². The molecule has 0 bridgehead atoms. The molecule has 2 aromatic heterocycles. The Bertz CT molecular complexity index is 902. The van der Waals surface area contributed by atoms with Crippen LogP contribution in [0, 0.1) is 11.8 Å². The molecule has 0 aliphatic heterocycles. The SMILES string of the molecule is Cn1cc(C#CCOCCNC(=O)C[SH](S)SS)c2c(=O)[nH]c(N)nc21. The van der Waals surface area contributed by atoms with Crippen LogP contribution in [-0.2, 0) is 16.6 Å². The van der Waals surface area contributed by atoms with Gasteiger partial charge < -0.3 is 20.4 Å². The number of ether oxygens (including phenoxy) is 1. The molecule has 0 aromatic carbocycles. The first-order valence-electron chi connectivity index (χ1n) is 7.38. The zero-order valence-electron chi connectivity index (χ0n) is 13.9. The van der Waals surface area contributed by atoms with Crippen LogP contribution in [0.3, 0.4) is 0 Å². The number of carbonyl (C=O) groups excluding carboxylic acids is 1. The predicted molar refractivity (Wildman–Crippen MR) is 116 cm³/mol. The van der Waals surface area contributed by atoms with Gasteiger partial charge in [-0.15, -0.1) is 32.3 Å². The third-order valence-corrected chi connectivity index (χ3v) is 8.98. The molecule has 26 heavy (non-hydrogen) atoms. The van der Waals surface area contributed by atoms with Gasteiger partial charge in [-0.2, -0.15) is 4.98 Å². The maximum atomic E-state index is 12.0. The highest BCUT2D eigenvalue weighted by atomic mass is 33.7. The minimum absolute atomic E-state index is 0.0621. The average Bonchev–Trinajstić information content (AvgIpc) is 2.90. The molecule has 0 aliphatic carbocycles. The van der Waals surface area contributed by atoms with Crippen molar-refractivity contribution >= 4 is 65.0 Å². The van der Waals surface area contributed by atoms with E-state index in [-0.39, 0.29) is 24.0 Å². The summed E-state index contributed by atoms with van der Waals surface area (Å²) in [6.07, 6.45) is 1.72. The van der Waals surface area contributed by atoms with Crippen LogP contribution < -0.4 is 16.6 Å². The number of fused-ring (bicyclic) bond motifs is 1. The van der Waals surface area contributed by atoms with E-state index in [9.17, 15) is 9.59 Å². The van der Waals surface area contributed by atoms with E-state index in [1.165, 1.54) is 9.83 Å². The lowest BCUT2D eigenvalue weighted by Crippen LogP contribution is -2.29. The van der Waals surface area contributed by atoms with E-state index >= 15 is 0 Å². The second-order valence-electron chi connectivity index (χ2n) is 5.10. The van der Waals surface area contributed by atoms with Crippen LogP contribution in [0.5, 0.6) is 0 Å². The molecule has 0 saturated carbocycles. The fourth-order valence-electron chi connectivity index (χ4n) is 2.12. The second kappa shape index (κ2) is 10.1. The molecule has 0 radical (unpaired) electrons. The van der Waals surface area contributed by atoms with Crippen LogP contribution in [0.15, 0.2) is 11.0 Å². The second-order valence-corrected chi connectivity index (χ2v) is 11.8. The first-order chi connectivity index (χ1) is 12.4. The third kappa shape index (κ3) is 5.82. The first-order valence-corrected chi connectivity index (χ1v) is 12.5. The van der Waals surface area contributed by atoms with Gasteiger partial charge in [0.25, 0.3) is 5.56 Å². The van der Waals surface area contributed by atoms with Crippen LogP contribution in [0.4, 0.5) is 5.95 Å². The van der Waals surface area contributed by atoms with Crippen LogP contribution >= 0.6 is 42.1 Å². The van der Waals surface area contributed by atoms with E-state index in [1.54, 1.807) is 17.8 Å². The predicted octanol–water partition coefficient (Wildman–Crippen LogP) is 0.667. The number of nitrogens with two attached hydrogens (primary N) is 1. The fourth-order valence-corrected chi connectivity index (χ4v) is 3.96. The zero-order valence-corrected chi connectivity index (χ0v) is 17.4. The lowest BCUT2D eigenvalue weighted by Gasteiger charge is -2.10. The highest BCUT2D eigenvalue weighted by Crippen LogP contribution is 2.46. The highest BCUT2D eigenvalue weighted by molar-refractivity contribution is 9.27. The lowest BCUT2D eigenvalue weighted by molar-refractivity contribution is -0.118. The van der Waals surface area contributed by atoms with Crippen LogP contribution in [0.25, 0.3) is 11.0 Å². The summed E-state index contributed by atoms with van der Waals surface area (Å²) in [7, 11) is 2.31. The van der Waals surface area contributed by atoms with Gasteiger partial charge in [0.05, 0.1) is 23.3 Å². The van der Waals surface area contributed by atoms with Gasteiger partial charge in [-0.1, -0.05) is 11.8 Å². The van der Waals surface area contributed by atoms with Crippen molar-refractivity contribution in [3.8, 4) is 11.8 Å². The van der Waals surface area contributed by atoms with Crippen molar-refractivity contribution in [1.82, 2.24) is 19.9 Å². The number of thiol groups is 3. The molecule has 12 heteroatoms. The summed E-state index contributed by atoms with van der Waals surface area (Å²) < 4.78 is 7.05. The van der Waals surface area contributed by atoms with Gasteiger partial charge in [0.1, 0.15) is 6.61 Å². The van der Waals surface area contributed by atoms with Crippen molar-refractivity contribution in [3.05, 3.63) is 22.1 Å². The summed E-state index contributed by atoms with van der Waals surface area (Å²) in [4.78, 5) is 30.1. The number of hydrogen-bond donors (Lipinski definition) is 6. The zero-order chi connectivity index (χ0) is 19.1. The van der Waals surface area contributed by atoms with Crippen molar-refractivity contribution < 1.29 is 9.53 Å². The van der Waals surface area contributed by atoms with Crippen molar-refractivity contribution in [2.75, 3.05) is 31.2 Å². The number of nitrogens with zero attached hydrogens (tertiary/aromatic N) is 2. The van der Waals surface area contributed by atoms with Crippen LogP contribution in [-0.4, -0.2) is 46.0 Å². The summed E-state index contributed by atoms with van der Waals surface area (Å²) in [6, 6.07) is 0. The molecule has 1 atom stereocenters. The van der Waals surface area contributed by atoms with Crippen molar-refractivity contribution in [3.63, 3.8) is 0 Å². The Balaban J connectivity index is 1.83. The van der Waals surface area contributed by atoms with E-state index in [1.807, 2.05) is 0 Å². The normalized spacial score (nSPS) is 12.5. The number of rotatable bonds is 7. The van der Waals surface area contributed by atoms with Crippen LogP contribution in [0.1, 0.15) is 5.56 Å².